The second-order valence-corrected chi connectivity index (χ2v) is 6.66. The maximum Gasteiger partial charge on any atom is 0.224 e. The summed E-state index contributed by atoms with van der Waals surface area (Å²) < 4.78 is 0. The molecular weight excluding hydrogens is 417 g/mol. The fourth-order valence-corrected chi connectivity index (χ4v) is 2.14. The average Bonchev–Trinajstić information content (AvgIpc) is 2.49. The van der Waals surface area contributed by atoms with Crippen molar-refractivity contribution in [2.24, 2.45) is 16.1 Å². The fourth-order valence-electron chi connectivity index (χ4n) is 2.14. The summed E-state index contributed by atoms with van der Waals surface area (Å²) in [6.45, 7) is 16.7. The highest BCUT2D eigenvalue weighted by Crippen LogP contribution is 2.13. The van der Waals surface area contributed by atoms with Gasteiger partial charge in [0.15, 0.2) is 5.96 Å². The summed E-state index contributed by atoms with van der Waals surface area (Å²) in [5.41, 5.74) is 4.77. The van der Waals surface area contributed by atoms with Crippen molar-refractivity contribution in [3.05, 3.63) is 0 Å². The van der Waals surface area contributed by atoms with Gasteiger partial charge in [0.05, 0.1) is 12.0 Å². The lowest BCUT2D eigenvalue weighted by atomic mass is 9.93. The van der Waals surface area contributed by atoms with Crippen LogP contribution in [-0.4, -0.2) is 55.5 Å². The van der Waals surface area contributed by atoms with Crippen molar-refractivity contribution in [1.82, 2.24) is 15.5 Å². The highest BCUT2D eigenvalue weighted by Gasteiger charge is 2.24. The third-order valence-electron chi connectivity index (χ3n) is 4.03. The zero-order valence-corrected chi connectivity index (χ0v) is 18.6. The van der Waals surface area contributed by atoms with Crippen LogP contribution in [0.15, 0.2) is 4.99 Å². The second kappa shape index (κ2) is 13.7. The molecular formula is C17H38IN5O. The minimum absolute atomic E-state index is 0. The first kappa shape index (κ1) is 25.7. The number of carbonyl (C=O) groups excluding carboxylic acids is 1. The molecule has 1 amide bonds. The van der Waals surface area contributed by atoms with Crippen LogP contribution < -0.4 is 16.4 Å². The molecule has 0 rings (SSSR count). The van der Waals surface area contributed by atoms with Crippen LogP contribution in [-0.2, 0) is 4.79 Å². The molecule has 0 aromatic heterocycles. The molecule has 144 valence electrons. The van der Waals surface area contributed by atoms with Crippen molar-refractivity contribution >= 4 is 35.8 Å². The molecule has 0 aromatic rings. The fraction of sp³-hybridized carbons (Fsp3) is 0.882. The molecule has 0 aliphatic rings. The molecule has 0 aromatic carbocycles. The highest BCUT2D eigenvalue weighted by atomic mass is 127. The van der Waals surface area contributed by atoms with Crippen molar-refractivity contribution < 1.29 is 4.79 Å². The van der Waals surface area contributed by atoms with Gasteiger partial charge in [0.2, 0.25) is 5.91 Å². The van der Waals surface area contributed by atoms with Crippen molar-refractivity contribution in [3.8, 4) is 0 Å². The maximum absolute atomic E-state index is 11.4. The minimum Gasteiger partial charge on any atom is -0.369 e. The van der Waals surface area contributed by atoms with E-state index in [-0.39, 0.29) is 29.9 Å². The van der Waals surface area contributed by atoms with Gasteiger partial charge in [-0.05, 0) is 60.2 Å². The molecule has 1 unspecified atom stereocenters. The van der Waals surface area contributed by atoms with Crippen LogP contribution in [0.5, 0.6) is 0 Å². The van der Waals surface area contributed by atoms with E-state index in [2.05, 4.69) is 41.3 Å². The monoisotopic (exact) mass is 455 g/mol. The summed E-state index contributed by atoms with van der Waals surface area (Å²) in [7, 11) is 0. The first-order valence-electron chi connectivity index (χ1n) is 8.83. The standard InChI is InChI=1S/C17H37N5O.HI/c1-7-19-16(20-13-17(5,6)15(18)23)21-14(4)11-10-12-22(8-2)9-3;/h14H,7-13H2,1-6H3,(H2,18,23)(H2,19,20,21);1H. The van der Waals surface area contributed by atoms with E-state index in [0.717, 1.165) is 45.0 Å². The zero-order valence-electron chi connectivity index (χ0n) is 16.3. The Bertz CT molecular complexity index is 370. The number of nitrogens with one attached hydrogen (secondary N) is 2. The molecule has 24 heavy (non-hydrogen) atoms. The predicted octanol–water partition coefficient (Wildman–Crippen LogP) is 2.18. The van der Waals surface area contributed by atoms with Gasteiger partial charge in [-0.2, -0.15) is 0 Å². The Hall–Kier alpha value is -0.570. The second-order valence-electron chi connectivity index (χ2n) is 6.66. The number of hydrogen-bond acceptors (Lipinski definition) is 3. The zero-order chi connectivity index (χ0) is 17.9. The Morgan fingerprint density at radius 1 is 1.25 bits per heavy atom. The van der Waals surface area contributed by atoms with Crippen LogP contribution in [0.4, 0.5) is 0 Å². The average molecular weight is 455 g/mol. The predicted molar refractivity (Wildman–Crippen MR) is 114 cm³/mol. The Labute approximate surface area is 165 Å². The Morgan fingerprint density at radius 3 is 2.29 bits per heavy atom. The molecule has 0 spiro atoms. The van der Waals surface area contributed by atoms with E-state index in [1.807, 2.05) is 20.8 Å². The van der Waals surface area contributed by atoms with E-state index < -0.39 is 5.41 Å². The Balaban J connectivity index is 0. The van der Waals surface area contributed by atoms with Crippen LogP contribution >= 0.6 is 24.0 Å². The summed E-state index contributed by atoms with van der Waals surface area (Å²) in [6, 6.07) is 0.333. The number of guanidine groups is 1. The number of nitrogens with zero attached hydrogens (tertiary/aromatic N) is 2. The molecule has 4 N–H and O–H groups in total. The summed E-state index contributed by atoms with van der Waals surface area (Å²) >= 11 is 0. The topological polar surface area (TPSA) is 82.7 Å². The first-order valence-corrected chi connectivity index (χ1v) is 8.83. The van der Waals surface area contributed by atoms with E-state index in [0.29, 0.717) is 12.6 Å². The van der Waals surface area contributed by atoms with Gasteiger partial charge in [-0.25, -0.2) is 0 Å². The summed E-state index contributed by atoms with van der Waals surface area (Å²) in [4.78, 5) is 18.3. The van der Waals surface area contributed by atoms with Crippen LogP contribution in [0.1, 0.15) is 54.4 Å². The molecule has 0 heterocycles. The Morgan fingerprint density at radius 2 is 1.83 bits per heavy atom. The van der Waals surface area contributed by atoms with E-state index in [9.17, 15) is 4.79 Å². The lowest BCUT2D eigenvalue weighted by Crippen LogP contribution is -2.44. The maximum atomic E-state index is 11.4. The van der Waals surface area contributed by atoms with Gasteiger partial charge in [-0.1, -0.05) is 13.8 Å². The van der Waals surface area contributed by atoms with Crippen molar-refractivity contribution in [3.63, 3.8) is 0 Å². The van der Waals surface area contributed by atoms with Gasteiger partial charge in [0, 0.05) is 12.6 Å². The summed E-state index contributed by atoms with van der Waals surface area (Å²) in [5, 5.41) is 6.63. The number of carbonyl (C=O) groups is 1. The lowest BCUT2D eigenvalue weighted by Gasteiger charge is -2.22. The van der Waals surface area contributed by atoms with Gasteiger partial charge < -0.3 is 21.3 Å². The van der Waals surface area contributed by atoms with Crippen LogP contribution in [0.2, 0.25) is 0 Å². The van der Waals surface area contributed by atoms with E-state index in [1.165, 1.54) is 0 Å². The quantitative estimate of drug-likeness (QED) is 0.253. The largest absolute Gasteiger partial charge is 0.369 e. The molecule has 0 saturated carbocycles. The minimum atomic E-state index is -0.631. The van der Waals surface area contributed by atoms with Crippen LogP contribution in [0.3, 0.4) is 0 Å². The SMILES string of the molecule is CCNC(=NCC(C)(C)C(N)=O)NC(C)CCCN(CC)CC.I. The van der Waals surface area contributed by atoms with E-state index in [1.54, 1.807) is 0 Å². The molecule has 1 atom stereocenters. The third-order valence-corrected chi connectivity index (χ3v) is 4.03. The molecule has 6 nitrogen and oxygen atoms in total. The van der Waals surface area contributed by atoms with E-state index in [4.69, 9.17) is 5.73 Å². The van der Waals surface area contributed by atoms with E-state index >= 15 is 0 Å². The number of hydrogen-bond donors (Lipinski definition) is 3. The third kappa shape index (κ3) is 11.1. The summed E-state index contributed by atoms with van der Waals surface area (Å²) in [5.74, 6) is 0.418. The number of rotatable bonds is 11. The van der Waals surface area contributed by atoms with Crippen molar-refractivity contribution in [1.29, 1.82) is 0 Å². The van der Waals surface area contributed by atoms with Gasteiger partial charge >= 0.3 is 0 Å². The summed E-state index contributed by atoms with van der Waals surface area (Å²) in [6.07, 6.45) is 2.24. The molecule has 0 bridgehead atoms. The Kier molecular flexibility index (Phi) is 14.6. The van der Waals surface area contributed by atoms with Gasteiger partial charge in [0.1, 0.15) is 0 Å². The lowest BCUT2D eigenvalue weighted by molar-refractivity contribution is -0.125. The number of amides is 1. The van der Waals surface area contributed by atoms with Crippen LogP contribution in [0, 0.1) is 5.41 Å². The molecule has 7 heteroatoms. The molecule has 0 fully saturated rings. The highest BCUT2D eigenvalue weighted by molar-refractivity contribution is 14.0. The number of aliphatic imine (C=N–C) groups is 1. The van der Waals surface area contributed by atoms with Gasteiger partial charge in [0.25, 0.3) is 0 Å². The molecule has 0 radical (unpaired) electrons. The van der Waals surface area contributed by atoms with Crippen molar-refractivity contribution in [2.45, 2.75) is 60.4 Å². The molecule has 0 saturated heterocycles. The molecule has 0 aliphatic heterocycles. The van der Waals surface area contributed by atoms with Gasteiger partial charge in [-0.15, -0.1) is 24.0 Å². The van der Waals surface area contributed by atoms with Gasteiger partial charge in [-0.3, -0.25) is 9.79 Å². The number of nitrogens with two attached hydrogens (primary N) is 1. The smallest absolute Gasteiger partial charge is 0.224 e. The van der Waals surface area contributed by atoms with Crippen LogP contribution in [0.25, 0.3) is 0 Å². The van der Waals surface area contributed by atoms with Crippen molar-refractivity contribution in [2.75, 3.05) is 32.7 Å². The first-order chi connectivity index (χ1) is 10.8. The number of halogens is 1. The molecule has 0 aliphatic carbocycles. The normalized spacial score (nSPS) is 13.4. The number of primary amides is 1.